The van der Waals surface area contributed by atoms with E-state index in [4.69, 9.17) is 0 Å². The lowest BCUT2D eigenvalue weighted by molar-refractivity contribution is 0.568. The summed E-state index contributed by atoms with van der Waals surface area (Å²) in [5.41, 5.74) is 0.739. The van der Waals surface area contributed by atoms with E-state index in [1.165, 1.54) is 6.07 Å². The van der Waals surface area contributed by atoms with E-state index in [-0.39, 0.29) is 5.82 Å². The van der Waals surface area contributed by atoms with Crippen molar-refractivity contribution in [3.63, 3.8) is 0 Å². The van der Waals surface area contributed by atoms with Gasteiger partial charge in [0, 0.05) is 11.1 Å². The summed E-state index contributed by atoms with van der Waals surface area (Å²) in [5.74, 6) is 1.37. The molecule has 0 aromatic heterocycles. The first-order valence-corrected chi connectivity index (χ1v) is 3.78. The average molecular weight is 164 g/mol. The maximum absolute atomic E-state index is 13.0. The Hall–Kier alpha value is -1.40. The van der Waals surface area contributed by atoms with E-state index < -0.39 is 0 Å². The summed E-state index contributed by atoms with van der Waals surface area (Å²) >= 11 is 0. The molecule has 62 valence electrons. The van der Waals surface area contributed by atoms with Crippen molar-refractivity contribution in [3.05, 3.63) is 35.6 Å². The molecule has 0 aliphatic carbocycles. The molecule has 1 nitrogen and oxygen atoms in total. The van der Waals surface area contributed by atoms with Gasteiger partial charge < -0.3 is 0 Å². The molecule has 0 heterocycles. The summed E-state index contributed by atoms with van der Waals surface area (Å²) in [4.78, 5) is 10.4. The maximum atomic E-state index is 13.0. The van der Waals surface area contributed by atoms with Crippen LogP contribution in [0.15, 0.2) is 24.3 Å². The second-order valence-corrected chi connectivity index (χ2v) is 2.41. The zero-order chi connectivity index (χ0) is 8.97. The van der Waals surface area contributed by atoms with Gasteiger partial charge in [0.15, 0.2) is 0 Å². The summed E-state index contributed by atoms with van der Waals surface area (Å²) < 4.78 is 13.0. The molecule has 0 N–H and O–H groups in total. The van der Waals surface area contributed by atoms with E-state index >= 15 is 0 Å². The highest BCUT2D eigenvalue weighted by atomic mass is 19.1. The van der Waals surface area contributed by atoms with Crippen molar-refractivity contribution in [2.24, 2.45) is 0 Å². The molecule has 0 amide bonds. The third kappa shape index (κ3) is 1.60. The van der Waals surface area contributed by atoms with E-state index in [1.54, 1.807) is 31.1 Å². The van der Waals surface area contributed by atoms with Crippen LogP contribution in [0.4, 0.5) is 4.39 Å². The van der Waals surface area contributed by atoms with E-state index in [0.717, 1.165) is 0 Å². The summed E-state index contributed by atoms with van der Waals surface area (Å²) in [5, 5.41) is 0. The number of hydrogen-bond donors (Lipinski definition) is 0. The zero-order valence-electron chi connectivity index (χ0n) is 6.80. The van der Waals surface area contributed by atoms with E-state index in [1.807, 2.05) is 0 Å². The summed E-state index contributed by atoms with van der Waals surface area (Å²) in [6.07, 6.45) is 0.504. The molecule has 1 aromatic rings. The molecule has 0 radical (unpaired) electrons. The first-order chi connectivity index (χ1) is 5.79. The minimum Gasteiger partial charge on any atom is -0.233 e. The van der Waals surface area contributed by atoms with Gasteiger partial charge in [-0.2, -0.15) is 0 Å². The Kier molecular flexibility index (Phi) is 2.78. The predicted molar refractivity (Wildman–Crippen MR) is 45.8 cm³/mol. The quantitative estimate of drug-likeness (QED) is 0.613. The number of carbonyl (C=O) groups excluding carboxylic acids is 1. The predicted octanol–water partition coefficient (Wildman–Crippen LogP) is 2.45. The van der Waals surface area contributed by atoms with Crippen molar-refractivity contribution in [3.8, 4) is 0 Å². The summed E-state index contributed by atoms with van der Waals surface area (Å²) in [6, 6.07) is 6.21. The summed E-state index contributed by atoms with van der Waals surface area (Å²) in [7, 11) is 0. The van der Waals surface area contributed by atoms with Crippen LogP contribution in [0, 0.1) is 5.82 Å². The molecule has 0 fully saturated rings. The number of hydrogen-bond acceptors (Lipinski definition) is 1. The number of halogens is 1. The van der Waals surface area contributed by atoms with E-state index in [9.17, 15) is 9.18 Å². The Bertz CT molecular complexity index is 324. The van der Waals surface area contributed by atoms with Crippen LogP contribution in [0.2, 0.25) is 0 Å². The number of benzene rings is 1. The molecule has 0 spiro atoms. The average Bonchev–Trinajstić information content (AvgIpc) is 2.10. The van der Waals surface area contributed by atoms with Crippen molar-refractivity contribution >= 4 is 11.5 Å². The topological polar surface area (TPSA) is 17.1 Å². The molecule has 0 saturated heterocycles. The van der Waals surface area contributed by atoms with Crippen LogP contribution in [-0.2, 0) is 4.79 Å². The van der Waals surface area contributed by atoms with Gasteiger partial charge in [-0.3, -0.25) is 0 Å². The maximum Gasteiger partial charge on any atom is 0.131 e. The second-order valence-electron chi connectivity index (χ2n) is 2.41. The zero-order valence-corrected chi connectivity index (χ0v) is 6.80. The Labute approximate surface area is 70.5 Å². The Morgan fingerprint density at radius 3 is 2.67 bits per heavy atom. The third-order valence-corrected chi connectivity index (χ3v) is 1.68. The molecular formula is C10H9FO. The van der Waals surface area contributed by atoms with Gasteiger partial charge in [0.1, 0.15) is 11.8 Å². The normalized spacial score (nSPS) is 9.17. The van der Waals surface area contributed by atoms with E-state index in [0.29, 0.717) is 17.6 Å². The molecule has 2 heteroatoms. The molecule has 0 aliphatic rings. The van der Waals surface area contributed by atoms with Crippen molar-refractivity contribution < 1.29 is 9.18 Å². The largest absolute Gasteiger partial charge is 0.233 e. The van der Waals surface area contributed by atoms with Crippen molar-refractivity contribution in [2.75, 3.05) is 0 Å². The van der Waals surface area contributed by atoms with Gasteiger partial charge in [0.2, 0.25) is 0 Å². The molecule has 0 saturated carbocycles. The van der Waals surface area contributed by atoms with Crippen molar-refractivity contribution in [1.82, 2.24) is 0 Å². The van der Waals surface area contributed by atoms with Crippen molar-refractivity contribution in [2.45, 2.75) is 13.3 Å². The van der Waals surface area contributed by atoms with Crippen molar-refractivity contribution in [1.29, 1.82) is 0 Å². The van der Waals surface area contributed by atoms with Crippen LogP contribution in [0.1, 0.15) is 18.9 Å². The lowest BCUT2D eigenvalue weighted by Gasteiger charge is -2.00. The molecule has 1 aromatic carbocycles. The molecule has 12 heavy (non-hydrogen) atoms. The first-order valence-electron chi connectivity index (χ1n) is 3.78. The van der Waals surface area contributed by atoms with Gasteiger partial charge in [-0.25, -0.2) is 9.18 Å². The fraction of sp³-hybridized carbons (Fsp3) is 0.200. The van der Waals surface area contributed by atoms with E-state index in [2.05, 4.69) is 0 Å². The number of allylic oxidation sites excluding steroid dienone is 1. The summed E-state index contributed by atoms with van der Waals surface area (Å²) in [6.45, 7) is 1.80. The molecular weight excluding hydrogens is 155 g/mol. The molecule has 0 bridgehead atoms. The van der Waals surface area contributed by atoms with Gasteiger partial charge in [0.25, 0.3) is 0 Å². The van der Waals surface area contributed by atoms with Crippen LogP contribution < -0.4 is 0 Å². The molecule has 1 rings (SSSR count). The fourth-order valence-electron chi connectivity index (χ4n) is 1.02. The molecule has 0 aliphatic heterocycles. The smallest absolute Gasteiger partial charge is 0.131 e. The lowest BCUT2D eigenvalue weighted by atomic mass is 10.1. The van der Waals surface area contributed by atoms with Crippen LogP contribution >= 0.6 is 0 Å². The SMILES string of the molecule is CCC(=C=O)c1ccccc1F. The van der Waals surface area contributed by atoms with Gasteiger partial charge in [-0.05, 0) is 12.5 Å². The monoisotopic (exact) mass is 164 g/mol. The minimum absolute atomic E-state index is 0.356. The van der Waals surface area contributed by atoms with Crippen LogP contribution in [0.25, 0.3) is 5.57 Å². The van der Waals surface area contributed by atoms with Gasteiger partial charge in [-0.15, -0.1) is 0 Å². The fourth-order valence-corrected chi connectivity index (χ4v) is 1.02. The van der Waals surface area contributed by atoms with Crippen LogP contribution in [0.3, 0.4) is 0 Å². The minimum atomic E-state index is -0.363. The highest BCUT2D eigenvalue weighted by Crippen LogP contribution is 2.17. The molecule has 0 unspecified atom stereocenters. The first kappa shape index (κ1) is 8.69. The van der Waals surface area contributed by atoms with Gasteiger partial charge in [-0.1, -0.05) is 25.1 Å². The highest BCUT2D eigenvalue weighted by molar-refractivity contribution is 5.87. The lowest BCUT2D eigenvalue weighted by Crippen LogP contribution is -1.88. The Morgan fingerprint density at radius 1 is 1.50 bits per heavy atom. The highest BCUT2D eigenvalue weighted by Gasteiger charge is 2.04. The molecule has 0 atom stereocenters. The third-order valence-electron chi connectivity index (χ3n) is 1.68. The second kappa shape index (κ2) is 3.84. The van der Waals surface area contributed by atoms with Gasteiger partial charge in [0.05, 0.1) is 0 Å². The van der Waals surface area contributed by atoms with Crippen LogP contribution in [0.5, 0.6) is 0 Å². The van der Waals surface area contributed by atoms with Gasteiger partial charge >= 0.3 is 0 Å². The Morgan fingerprint density at radius 2 is 2.17 bits per heavy atom. The van der Waals surface area contributed by atoms with Crippen LogP contribution in [-0.4, -0.2) is 5.94 Å². The number of rotatable bonds is 2. The standard InChI is InChI=1S/C10H9FO/c1-2-8(7-12)9-5-3-4-6-10(9)11/h3-6H,2H2,1H3. The Balaban J connectivity index is 3.18.